The summed E-state index contributed by atoms with van der Waals surface area (Å²) in [6, 6.07) is -0.0951. The van der Waals surface area contributed by atoms with Gasteiger partial charge in [-0.1, -0.05) is 0 Å². The van der Waals surface area contributed by atoms with Crippen LogP contribution in [0.2, 0.25) is 0 Å². The van der Waals surface area contributed by atoms with Gasteiger partial charge < -0.3 is 15.8 Å². The minimum atomic E-state index is -0.438. The molecule has 0 aromatic carbocycles. The zero-order valence-electron chi connectivity index (χ0n) is 5.68. The molecule has 0 spiro atoms. The number of hydrogen-bond donors (Lipinski definition) is 2. The van der Waals surface area contributed by atoms with Gasteiger partial charge in [0.2, 0.25) is 0 Å². The van der Waals surface area contributed by atoms with Gasteiger partial charge in [0, 0.05) is 13.1 Å². The average molecular weight is 132 g/mol. The van der Waals surface area contributed by atoms with Gasteiger partial charge in [-0.2, -0.15) is 0 Å². The lowest BCUT2D eigenvalue weighted by molar-refractivity contribution is 0.143. The lowest BCUT2D eigenvalue weighted by Gasteiger charge is -2.04. The number of rotatable bonds is 2. The van der Waals surface area contributed by atoms with Crippen LogP contribution in [-0.4, -0.2) is 25.8 Å². The van der Waals surface area contributed by atoms with Crippen LogP contribution in [0.25, 0.3) is 0 Å². The van der Waals surface area contributed by atoms with Crippen LogP contribution in [0.5, 0.6) is 0 Å². The molecular weight excluding hydrogens is 120 g/mol. The molecule has 0 radical (unpaired) electrons. The maximum Gasteiger partial charge on any atom is 0.406 e. The van der Waals surface area contributed by atoms with Crippen LogP contribution in [0.3, 0.4) is 0 Å². The summed E-state index contributed by atoms with van der Waals surface area (Å²) in [5, 5.41) is 2.30. The van der Waals surface area contributed by atoms with Crippen LogP contribution < -0.4 is 11.1 Å². The Morgan fingerprint density at radius 3 is 2.78 bits per heavy atom. The highest BCUT2D eigenvalue weighted by Crippen LogP contribution is 1.79. The van der Waals surface area contributed by atoms with E-state index in [1.54, 1.807) is 6.92 Å². The van der Waals surface area contributed by atoms with Crippen molar-refractivity contribution in [3.05, 3.63) is 0 Å². The maximum atomic E-state index is 10.3. The second-order valence-corrected chi connectivity index (χ2v) is 1.83. The van der Waals surface area contributed by atoms with Crippen molar-refractivity contribution < 1.29 is 9.53 Å². The molecular formula is C5H12N2O2. The molecule has 0 heterocycles. The molecule has 1 atom stereocenters. The van der Waals surface area contributed by atoms with Gasteiger partial charge in [-0.15, -0.1) is 0 Å². The Labute approximate surface area is 54.4 Å². The first-order valence-corrected chi connectivity index (χ1v) is 2.77. The summed E-state index contributed by atoms with van der Waals surface area (Å²) >= 11 is 0. The number of ether oxygens (including phenoxy) is 1. The number of nitrogens with two attached hydrogens (primary N) is 1. The van der Waals surface area contributed by atoms with E-state index in [1.165, 1.54) is 7.05 Å². The van der Waals surface area contributed by atoms with Gasteiger partial charge >= 0.3 is 6.09 Å². The first-order chi connectivity index (χ1) is 4.16. The van der Waals surface area contributed by atoms with Crippen LogP contribution in [0.4, 0.5) is 4.79 Å². The van der Waals surface area contributed by atoms with Gasteiger partial charge in [0.25, 0.3) is 0 Å². The van der Waals surface area contributed by atoms with Gasteiger partial charge in [0.1, 0.15) is 6.61 Å². The lowest BCUT2D eigenvalue weighted by atomic mass is 10.4. The highest BCUT2D eigenvalue weighted by molar-refractivity contribution is 5.66. The summed E-state index contributed by atoms with van der Waals surface area (Å²) in [6.45, 7) is 2.03. The summed E-state index contributed by atoms with van der Waals surface area (Å²) in [6.07, 6.45) is -0.438. The van der Waals surface area contributed by atoms with Crippen LogP contribution in [0.15, 0.2) is 0 Å². The van der Waals surface area contributed by atoms with E-state index in [2.05, 4.69) is 10.1 Å². The number of hydrogen-bond acceptors (Lipinski definition) is 3. The van der Waals surface area contributed by atoms with Crippen molar-refractivity contribution in [1.82, 2.24) is 5.32 Å². The van der Waals surface area contributed by atoms with E-state index in [0.717, 1.165) is 0 Å². The summed E-state index contributed by atoms with van der Waals surface area (Å²) in [7, 11) is 1.50. The van der Waals surface area contributed by atoms with Crippen molar-refractivity contribution in [3.8, 4) is 0 Å². The topological polar surface area (TPSA) is 64.3 Å². The van der Waals surface area contributed by atoms with Crippen LogP contribution >= 0.6 is 0 Å². The molecule has 0 aromatic rings. The third-order valence-electron chi connectivity index (χ3n) is 0.681. The van der Waals surface area contributed by atoms with Crippen molar-refractivity contribution in [1.29, 1.82) is 0 Å². The molecule has 54 valence electrons. The van der Waals surface area contributed by atoms with Crippen molar-refractivity contribution in [2.24, 2.45) is 5.73 Å². The minimum Gasteiger partial charge on any atom is -0.448 e. The second-order valence-electron chi connectivity index (χ2n) is 1.83. The van der Waals surface area contributed by atoms with Gasteiger partial charge in [-0.05, 0) is 6.92 Å². The van der Waals surface area contributed by atoms with Crippen LogP contribution in [0.1, 0.15) is 6.92 Å². The highest BCUT2D eigenvalue weighted by Gasteiger charge is 1.98. The Morgan fingerprint density at radius 1 is 1.89 bits per heavy atom. The number of carbonyl (C=O) groups excluding carboxylic acids is 1. The Balaban J connectivity index is 3.17. The van der Waals surface area contributed by atoms with Gasteiger partial charge in [-0.25, -0.2) is 4.79 Å². The molecule has 9 heavy (non-hydrogen) atoms. The second kappa shape index (κ2) is 4.14. The number of alkyl carbamates (subject to hydrolysis) is 1. The number of amides is 1. The van der Waals surface area contributed by atoms with Crippen LogP contribution in [-0.2, 0) is 4.74 Å². The van der Waals surface area contributed by atoms with Crippen LogP contribution in [0, 0.1) is 0 Å². The van der Waals surface area contributed by atoms with E-state index in [-0.39, 0.29) is 12.6 Å². The molecule has 0 rings (SSSR count). The molecule has 4 nitrogen and oxygen atoms in total. The van der Waals surface area contributed by atoms with Gasteiger partial charge in [0.15, 0.2) is 0 Å². The average Bonchev–Trinajstić information content (AvgIpc) is 1.83. The Morgan fingerprint density at radius 2 is 2.44 bits per heavy atom. The Bertz CT molecular complexity index is 93.0. The zero-order chi connectivity index (χ0) is 7.28. The zero-order valence-corrected chi connectivity index (χ0v) is 5.68. The molecule has 0 aliphatic carbocycles. The summed E-state index contributed by atoms with van der Waals surface area (Å²) in [5.41, 5.74) is 5.29. The fraction of sp³-hybridized carbons (Fsp3) is 0.800. The summed E-state index contributed by atoms with van der Waals surface area (Å²) in [5.74, 6) is 0. The fourth-order valence-corrected chi connectivity index (χ4v) is 0.279. The molecule has 0 fully saturated rings. The smallest absolute Gasteiger partial charge is 0.406 e. The van der Waals surface area contributed by atoms with Gasteiger partial charge in [-0.3, -0.25) is 0 Å². The van der Waals surface area contributed by atoms with E-state index < -0.39 is 6.09 Å². The van der Waals surface area contributed by atoms with E-state index in [9.17, 15) is 4.79 Å². The highest BCUT2D eigenvalue weighted by atomic mass is 16.5. The first kappa shape index (κ1) is 8.23. The molecule has 0 unspecified atom stereocenters. The van der Waals surface area contributed by atoms with E-state index in [1.807, 2.05) is 0 Å². The predicted octanol–water partition coefficient (Wildman–Crippen LogP) is -0.310. The third kappa shape index (κ3) is 5.10. The molecule has 4 heteroatoms. The monoisotopic (exact) mass is 132 g/mol. The molecule has 0 saturated carbocycles. The summed E-state index contributed by atoms with van der Waals surface area (Å²) < 4.78 is 4.58. The largest absolute Gasteiger partial charge is 0.448 e. The van der Waals surface area contributed by atoms with Crippen molar-refractivity contribution in [2.45, 2.75) is 13.0 Å². The molecule has 0 aliphatic rings. The van der Waals surface area contributed by atoms with E-state index >= 15 is 0 Å². The summed E-state index contributed by atoms with van der Waals surface area (Å²) in [4.78, 5) is 10.3. The van der Waals surface area contributed by atoms with Gasteiger partial charge in [0.05, 0.1) is 0 Å². The lowest BCUT2D eigenvalue weighted by Crippen LogP contribution is -2.28. The Hall–Kier alpha value is -0.770. The maximum absolute atomic E-state index is 10.3. The molecule has 0 aromatic heterocycles. The third-order valence-corrected chi connectivity index (χ3v) is 0.681. The van der Waals surface area contributed by atoms with E-state index in [0.29, 0.717) is 0 Å². The number of nitrogens with one attached hydrogen (secondary N) is 1. The predicted molar refractivity (Wildman–Crippen MR) is 34.1 cm³/mol. The van der Waals surface area contributed by atoms with Crippen molar-refractivity contribution >= 4 is 6.09 Å². The quantitative estimate of drug-likeness (QED) is 0.541. The molecule has 1 amide bonds. The minimum absolute atomic E-state index is 0.0951. The fourth-order valence-electron chi connectivity index (χ4n) is 0.279. The normalized spacial score (nSPS) is 12.3. The number of carbonyl (C=O) groups is 1. The molecule has 3 N–H and O–H groups in total. The molecule has 0 saturated heterocycles. The Kier molecular flexibility index (Phi) is 3.79. The molecule has 0 bridgehead atoms. The van der Waals surface area contributed by atoms with Crippen molar-refractivity contribution in [3.63, 3.8) is 0 Å². The molecule has 0 aliphatic heterocycles. The van der Waals surface area contributed by atoms with Crippen molar-refractivity contribution in [2.75, 3.05) is 13.7 Å². The van der Waals surface area contributed by atoms with E-state index in [4.69, 9.17) is 5.73 Å². The SMILES string of the molecule is CNC(=O)OC[C@H](C)N. The standard InChI is InChI=1S/C5H12N2O2/c1-4(6)3-9-5(8)7-2/h4H,3,6H2,1-2H3,(H,7,8)/t4-/m0/s1. The first-order valence-electron chi connectivity index (χ1n) is 2.77.